The summed E-state index contributed by atoms with van der Waals surface area (Å²) in [5.74, 6) is -1.18. The van der Waals surface area contributed by atoms with Crippen LogP contribution in [0.1, 0.15) is 44.9 Å². The monoisotopic (exact) mass is 384 g/mol. The van der Waals surface area contributed by atoms with Crippen LogP contribution >= 0.6 is 11.6 Å². The summed E-state index contributed by atoms with van der Waals surface area (Å²) in [6.45, 7) is 0.495. The lowest BCUT2D eigenvalue weighted by Crippen LogP contribution is -1.99. The van der Waals surface area contributed by atoms with Crippen molar-refractivity contribution in [3.05, 3.63) is 53.8 Å². The Bertz CT molecular complexity index is 671. The van der Waals surface area contributed by atoms with Crippen LogP contribution in [0, 0.1) is 17.5 Å². The maximum Gasteiger partial charge on any atom is 0.134 e. The van der Waals surface area contributed by atoms with Gasteiger partial charge in [-0.15, -0.1) is 11.6 Å². The molecule has 0 aromatic heterocycles. The number of rotatable bonds is 11. The Morgan fingerprint density at radius 1 is 0.731 bits per heavy atom. The van der Waals surface area contributed by atoms with E-state index in [1.54, 1.807) is 0 Å². The van der Waals surface area contributed by atoms with Gasteiger partial charge in [-0.2, -0.15) is 0 Å². The Labute approximate surface area is 158 Å². The summed E-state index contributed by atoms with van der Waals surface area (Å²) in [6, 6.07) is 7.53. The summed E-state index contributed by atoms with van der Waals surface area (Å²) >= 11 is 5.63. The lowest BCUT2D eigenvalue weighted by atomic mass is 10.0. The van der Waals surface area contributed by atoms with Gasteiger partial charge in [0.25, 0.3) is 0 Å². The second kappa shape index (κ2) is 11.1. The summed E-state index contributed by atoms with van der Waals surface area (Å²) in [7, 11) is 0. The van der Waals surface area contributed by atoms with Crippen LogP contribution in [0.15, 0.2) is 36.4 Å². The summed E-state index contributed by atoms with van der Waals surface area (Å²) < 4.78 is 47.4. The Balaban J connectivity index is 1.79. The van der Waals surface area contributed by atoms with Gasteiger partial charge in [-0.1, -0.05) is 38.2 Å². The molecule has 0 radical (unpaired) electrons. The van der Waals surface area contributed by atoms with Gasteiger partial charge in [0.05, 0.1) is 12.2 Å². The van der Waals surface area contributed by atoms with Crippen LogP contribution < -0.4 is 4.74 Å². The van der Waals surface area contributed by atoms with Gasteiger partial charge in [0.15, 0.2) is 0 Å². The molecule has 0 aliphatic rings. The largest absolute Gasteiger partial charge is 0.493 e. The lowest BCUT2D eigenvalue weighted by molar-refractivity contribution is 0.303. The number of benzene rings is 2. The first-order valence-corrected chi connectivity index (χ1v) is 9.59. The molecule has 5 heteroatoms. The first kappa shape index (κ1) is 20.6. The molecule has 0 amide bonds. The van der Waals surface area contributed by atoms with Crippen molar-refractivity contribution in [3.63, 3.8) is 0 Å². The summed E-state index contributed by atoms with van der Waals surface area (Å²) in [6.07, 6.45) is 7.73. The SMILES string of the molecule is Fc1cc(OCCCCCCCCCCl)ccc1-c1c(F)cccc1F. The molecule has 0 saturated heterocycles. The van der Waals surface area contributed by atoms with Gasteiger partial charge in [0.1, 0.15) is 23.2 Å². The zero-order valence-electron chi connectivity index (χ0n) is 14.7. The zero-order valence-corrected chi connectivity index (χ0v) is 15.5. The summed E-state index contributed by atoms with van der Waals surface area (Å²) in [5.41, 5.74) is -0.462. The molecule has 2 aromatic carbocycles. The number of alkyl halides is 1. The predicted molar refractivity (Wildman–Crippen MR) is 100 cm³/mol. The molecule has 0 spiro atoms. The van der Waals surface area contributed by atoms with Crippen LogP contribution in [0.5, 0.6) is 5.75 Å². The van der Waals surface area contributed by atoms with Gasteiger partial charge in [0.2, 0.25) is 0 Å². The highest BCUT2D eigenvalue weighted by molar-refractivity contribution is 6.17. The van der Waals surface area contributed by atoms with Crippen LogP contribution in [-0.2, 0) is 0 Å². The topological polar surface area (TPSA) is 9.23 Å². The molecular weight excluding hydrogens is 361 g/mol. The number of hydrogen-bond donors (Lipinski definition) is 0. The second-order valence-corrected chi connectivity index (χ2v) is 6.63. The normalized spacial score (nSPS) is 10.9. The summed E-state index contributed by atoms with van der Waals surface area (Å²) in [4.78, 5) is 0. The minimum atomic E-state index is -0.788. The molecule has 0 N–H and O–H groups in total. The first-order valence-electron chi connectivity index (χ1n) is 9.06. The molecule has 0 aliphatic heterocycles. The van der Waals surface area contributed by atoms with Gasteiger partial charge in [-0.3, -0.25) is 0 Å². The molecule has 0 saturated carbocycles. The van der Waals surface area contributed by atoms with Crippen molar-refractivity contribution in [1.29, 1.82) is 0 Å². The van der Waals surface area contributed by atoms with E-state index in [1.165, 1.54) is 43.5 Å². The van der Waals surface area contributed by atoms with E-state index in [0.717, 1.165) is 43.7 Å². The minimum absolute atomic E-state index is 0.107. The van der Waals surface area contributed by atoms with Crippen LogP contribution in [0.3, 0.4) is 0 Å². The van der Waals surface area contributed by atoms with Gasteiger partial charge >= 0.3 is 0 Å². The van der Waals surface area contributed by atoms with Crippen molar-refractivity contribution in [1.82, 2.24) is 0 Å². The first-order chi connectivity index (χ1) is 12.6. The average Bonchev–Trinajstić information content (AvgIpc) is 2.62. The lowest BCUT2D eigenvalue weighted by Gasteiger charge is -2.10. The Hall–Kier alpha value is -1.68. The fourth-order valence-electron chi connectivity index (χ4n) is 2.81. The van der Waals surface area contributed by atoms with E-state index >= 15 is 0 Å². The second-order valence-electron chi connectivity index (χ2n) is 6.25. The fraction of sp³-hybridized carbons (Fsp3) is 0.429. The molecule has 142 valence electrons. The molecule has 0 unspecified atom stereocenters. The highest BCUT2D eigenvalue weighted by Crippen LogP contribution is 2.30. The van der Waals surface area contributed by atoms with E-state index in [4.69, 9.17) is 16.3 Å². The molecule has 0 aliphatic carbocycles. The molecule has 1 nitrogen and oxygen atoms in total. The van der Waals surface area contributed by atoms with Crippen molar-refractivity contribution in [2.45, 2.75) is 44.9 Å². The molecular formula is C21H24ClF3O. The van der Waals surface area contributed by atoms with Crippen LogP contribution in [-0.4, -0.2) is 12.5 Å². The summed E-state index contributed by atoms with van der Waals surface area (Å²) in [5, 5.41) is 0. The van der Waals surface area contributed by atoms with Crippen molar-refractivity contribution in [3.8, 4) is 16.9 Å². The van der Waals surface area contributed by atoms with E-state index < -0.39 is 17.5 Å². The Kier molecular flexibility index (Phi) is 8.82. The number of ether oxygens (including phenoxy) is 1. The van der Waals surface area contributed by atoms with Gasteiger partial charge in [-0.25, -0.2) is 13.2 Å². The standard InChI is InChI=1S/C21H24ClF3O/c22-13-6-4-2-1-3-5-7-14-26-16-11-12-17(20(25)15-16)21-18(23)9-8-10-19(21)24/h8-12,15H,1-7,13-14H2. The van der Waals surface area contributed by atoms with Gasteiger partial charge in [0, 0.05) is 17.5 Å². The molecule has 2 aromatic rings. The molecule has 0 atom stereocenters. The van der Waals surface area contributed by atoms with Crippen molar-refractivity contribution in [2.75, 3.05) is 12.5 Å². The van der Waals surface area contributed by atoms with E-state index in [1.807, 2.05) is 0 Å². The van der Waals surface area contributed by atoms with E-state index in [0.29, 0.717) is 12.4 Å². The highest BCUT2D eigenvalue weighted by atomic mass is 35.5. The smallest absolute Gasteiger partial charge is 0.134 e. The molecule has 0 bridgehead atoms. The third kappa shape index (κ3) is 6.24. The van der Waals surface area contributed by atoms with Gasteiger partial charge in [-0.05, 0) is 37.1 Å². The van der Waals surface area contributed by atoms with Crippen molar-refractivity contribution < 1.29 is 17.9 Å². The number of halogens is 4. The van der Waals surface area contributed by atoms with Crippen molar-refractivity contribution in [2.24, 2.45) is 0 Å². The van der Waals surface area contributed by atoms with E-state index in [2.05, 4.69) is 0 Å². The fourth-order valence-corrected chi connectivity index (χ4v) is 3.00. The zero-order chi connectivity index (χ0) is 18.8. The quantitative estimate of drug-likeness (QED) is 0.296. The minimum Gasteiger partial charge on any atom is -0.493 e. The van der Waals surface area contributed by atoms with Crippen molar-refractivity contribution >= 4 is 11.6 Å². The highest BCUT2D eigenvalue weighted by Gasteiger charge is 2.15. The van der Waals surface area contributed by atoms with Crippen LogP contribution in [0.25, 0.3) is 11.1 Å². The van der Waals surface area contributed by atoms with E-state index in [-0.39, 0.29) is 11.1 Å². The maximum atomic E-state index is 14.3. The Morgan fingerprint density at radius 2 is 1.35 bits per heavy atom. The third-order valence-corrected chi connectivity index (χ3v) is 4.49. The molecule has 2 rings (SSSR count). The van der Waals surface area contributed by atoms with Crippen LogP contribution in [0.2, 0.25) is 0 Å². The molecule has 0 fully saturated rings. The molecule has 26 heavy (non-hydrogen) atoms. The van der Waals surface area contributed by atoms with Gasteiger partial charge < -0.3 is 4.74 Å². The average molecular weight is 385 g/mol. The van der Waals surface area contributed by atoms with E-state index in [9.17, 15) is 13.2 Å². The third-order valence-electron chi connectivity index (χ3n) is 4.22. The Morgan fingerprint density at radius 3 is 1.96 bits per heavy atom. The maximum absolute atomic E-state index is 14.3. The number of hydrogen-bond acceptors (Lipinski definition) is 1. The predicted octanol–water partition coefficient (Wildman–Crippen LogP) is 7.12. The number of unbranched alkanes of at least 4 members (excludes halogenated alkanes) is 6. The molecule has 0 heterocycles. The van der Waals surface area contributed by atoms with Crippen LogP contribution in [0.4, 0.5) is 13.2 Å².